The summed E-state index contributed by atoms with van der Waals surface area (Å²) in [6, 6.07) is 0. The lowest BCUT2D eigenvalue weighted by molar-refractivity contribution is -0.142. The molecule has 0 aromatic rings. The zero-order chi connectivity index (χ0) is 15.6. The van der Waals surface area contributed by atoms with Crippen LogP contribution in [0.4, 0.5) is 0 Å². The fraction of sp³-hybridized carbons (Fsp3) is 0.923. The van der Waals surface area contributed by atoms with Crippen molar-refractivity contribution in [3.05, 3.63) is 0 Å². The first-order valence-corrected chi connectivity index (χ1v) is 6.77. The summed E-state index contributed by atoms with van der Waals surface area (Å²) in [5, 5.41) is 24.0. The highest BCUT2D eigenvalue weighted by molar-refractivity contribution is 5.65. The van der Waals surface area contributed by atoms with Crippen LogP contribution >= 0.6 is 0 Å². The van der Waals surface area contributed by atoms with Gasteiger partial charge in [-0.2, -0.15) is 0 Å². The number of hydrogen-bond acceptors (Lipinski definition) is 7. The summed E-state index contributed by atoms with van der Waals surface area (Å²) in [5.41, 5.74) is 0. The predicted octanol–water partition coefficient (Wildman–Crippen LogP) is -0.285. The number of ether oxygens (including phenoxy) is 3. The van der Waals surface area contributed by atoms with E-state index in [1.54, 1.807) is 0 Å². The average Bonchev–Trinajstić information content (AvgIpc) is 2.45. The first kappa shape index (κ1) is 21.6. The van der Waals surface area contributed by atoms with Crippen molar-refractivity contribution in [2.75, 3.05) is 46.2 Å². The molecule has 0 saturated carbocycles. The Bertz CT molecular complexity index is 195. The number of aliphatic hydroxyl groups is 3. The molecule has 0 spiro atoms. The van der Waals surface area contributed by atoms with Gasteiger partial charge in [0.15, 0.2) is 0 Å². The average molecular weight is 296 g/mol. The van der Waals surface area contributed by atoms with Crippen molar-refractivity contribution >= 4 is 5.97 Å². The smallest absolute Gasteiger partial charge is 0.302 e. The minimum absolute atomic E-state index is 0.271. The van der Waals surface area contributed by atoms with Crippen LogP contribution in [0.25, 0.3) is 0 Å². The lowest BCUT2D eigenvalue weighted by Gasteiger charge is -2.05. The van der Waals surface area contributed by atoms with Gasteiger partial charge in [0, 0.05) is 13.5 Å². The van der Waals surface area contributed by atoms with Crippen LogP contribution in [0.1, 0.15) is 26.7 Å². The summed E-state index contributed by atoms with van der Waals surface area (Å²) >= 11 is 0. The Balaban J connectivity index is 0. The maximum Gasteiger partial charge on any atom is 0.302 e. The maximum absolute atomic E-state index is 10.3. The van der Waals surface area contributed by atoms with E-state index in [9.17, 15) is 4.79 Å². The van der Waals surface area contributed by atoms with Crippen LogP contribution in [0.3, 0.4) is 0 Å². The van der Waals surface area contributed by atoms with Crippen molar-refractivity contribution in [1.29, 1.82) is 0 Å². The zero-order valence-electron chi connectivity index (χ0n) is 12.4. The van der Waals surface area contributed by atoms with Crippen molar-refractivity contribution in [2.45, 2.75) is 32.8 Å². The number of carbonyl (C=O) groups excluding carboxylic acids is 1. The van der Waals surface area contributed by atoms with E-state index in [0.29, 0.717) is 26.4 Å². The van der Waals surface area contributed by atoms with Gasteiger partial charge in [-0.05, 0) is 6.42 Å². The molecule has 0 aliphatic carbocycles. The molecule has 0 radical (unpaired) electrons. The molecule has 0 bridgehead atoms. The molecular weight excluding hydrogens is 268 g/mol. The molecule has 20 heavy (non-hydrogen) atoms. The van der Waals surface area contributed by atoms with Gasteiger partial charge in [0.2, 0.25) is 0 Å². The summed E-state index contributed by atoms with van der Waals surface area (Å²) in [4.78, 5) is 10.3. The number of carbonyl (C=O) groups is 1. The van der Waals surface area contributed by atoms with E-state index in [0.717, 1.165) is 19.4 Å². The molecular formula is C13H28O7. The molecule has 0 amide bonds. The molecule has 3 N–H and O–H groups in total. The molecule has 0 rings (SSSR count). The standard InChI is InChI=1S/C10H20O4.C3H8O3/c1-3-4-5-12-6-7-13-8-9-14-10(2)11;4-1-3(6)2-5/h3-9H2,1-2H3;3-6H,1-2H2. The van der Waals surface area contributed by atoms with Crippen molar-refractivity contribution in [1.82, 2.24) is 0 Å². The molecule has 0 aliphatic rings. The molecule has 122 valence electrons. The quantitative estimate of drug-likeness (QED) is 0.355. The van der Waals surface area contributed by atoms with Crippen molar-refractivity contribution < 1.29 is 34.3 Å². The van der Waals surface area contributed by atoms with Gasteiger partial charge in [0.05, 0.1) is 33.0 Å². The Morgan fingerprint density at radius 1 is 1.00 bits per heavy atom. The van der Waals surface area contributed by atoms with E-state index < -0.39 is 6.10 Å². The van der Waals surface area contributed by atoms with E-state index in [1.807, 2.05) is 0 Å². The van der Waals surface area contributed by atoms with E-state index >= 15 is 0 Å². The molecule has 0 heterocycles. The summed E-state index contributed by atoms with van der Waals surface area (Å²) in [5.74, 6) is -0.271. The Morgan fingerprint density at radius 3 is 1.90 bits per heavy atom. The van der Waals surface area contributed by atoms with Gasteiger partial charge in [-0.15, -0.1) is 0 Å². The van der Waals surface area contributed by atoms with Gasteiger partial charge < -0.3 is 29.5 Å². The van der Waals surface area contributed by atoms with Crippen LogP contribution in [0.15, 0.2) is 0 Å². The molecule has 0 saturated heterocycles. The molecule has 0 aromatic carbocycles. The number of aliphatic hydroxyl groups excluding tert-OH is 3. The summed E-state index contributed by atoms with van der Waals surface area (Å²) in [7, 11) is 0. The molecule has 0 atom stereocenters. The Hall–Kier alpha value is -0.730. The summed E-state index contributed by atoms with van der Waals surface area (Å²) < 4.78 is 15.1. The van der Waals surface area contributed by atoms with Gasteiger partial charge in [0.25, 0.3) is 0 Å². The van der Waals surface area contributed by atoms with Crippen LogP contribution in [-0.2, 0) is 19.0 Å². The highest BCUT2D eigenvalue weighted by Gasteiger charge is 1.94. The third kappa shape index (κ3) is 22.5. The number of esters is 1. The van der Waals surface area contributed by atoms with Crippen LogP contribution in [0.5, 0.6) is 0 Å². The third-order valence-electron chi connectivity index (χ3n) is 1.97. The molecule has 7 nitrogen and oxygen atoms in total. The minimum Gasteiger partial charge on any atom is -0.463 e. The van der Waals surface area contributed by atoms with E-state index in [-0.39, 0.29) is 19.2 Å². The highest BCUT2D eigenvalue weighted by Crippen LogP contribution is 1.88. The maximum atomic E-state index is 10.3. The van der Waals surface area contributed by atoms with Crippen molar-refractivity contribution in [3.63, 3.8) is 0 Å². The third-order valence-corrected chi connectivity index (χ3v) is 1.97. The second-order valence-corrected chi connectivity index (χ2v) is 3.94. The van der Waals surface area contributed by atoms with Gasteiger partial charge in [-0.3, -0.25) is 4.79 Å². The second kappa shape index (κ2) is 18.3. The van der Waals surface area contributed by atoms with Gasteiger partial charge >= 0.3 is 5.97 Å². The molecule has 0 fully saturated rings. The lowest BCUT2D eigenvalue weighted by atomic mass is 10.4. The van der Waals surface area contributed by atoms with Gasteiger partial charge in [-0.25, -0.2) is 0 Å². The zero-order valence-corrected chi connectivity index (χ0v) is 12.4. The Morgan fingerprint density at radius 2 is 1.50 bits per heavy atom. The molecule has 0 aliphatic heterocycles. The topological polar surface area (TPSA) is 105 Å². The van der Waals surface area contributed by atoms with E-state index in [1.165, 1.54) is 6.92 Å². The number of unbranched alkanes of at least 4 members (excludes halogenated alkanes) is 1. The van der Waals surface area contributed by atoms with Gasteiger partial charge in [-0.1, -0.05) is 13.3 Å². The van der Waals surface area contributed by atoms with Crippen LogP contribution < -0.4 is 0 Å². The predicted molar refractivity (Wildman–Crippen MR) is 73.4 cm³/mol. The van der Waals surface area contributed by atoms with Crippen molar-refractivity contribution in [2.24, 2.45) is 0 Å². The van der Waals surface area contributed by atoms with Crippen LogP contribution in [-0.4, -0.2) is 73.6 Å². The largest absolute Gasteiger partial charge is 0.463 e. The first-order chi connectivity index (χ1) is 9.58. The minimum atomic E-state index is -0.954. The van der Waals surface area contributed by atoms with E-state index in [2.05, 4.69) is 11.7 Å². The molecule has 0 unspecified atom stereocenters. The fourth-order valence-corrected chi connectivity index (χ4v) is 0.870. The first-order valence-electron chi connectivity index (χ1n) is 6.77. The summed E-state index contributed by atoms with van der Waals surface area (Å²) in [6.45, 7) is 5.51. The Kier molecular flexibility index (Phi) is 19.7. The highest BCUT2D eigenvalue weighted by atomic mass is 16.6. The summed E-state index contributed by atoms with van der Waals surface area (Å²) in [6.07, 6.45) is 1.28. The van der Waals surface area contributed by atoms with Gasteiger partial charge in [0.1, 0.15) is 12.7 Å². The van der Waals surface area contributed by atoms with Crippen LogP contribution in [0.2, 0.25) is 0 Å². The molecule has 7 heteroatoms. The Labute approximate surface area is 120 Å². The van der Waals surface area contributed by atoms with E-state index in [4.69, 9.17) is 24.8 Å². The SMILES string of the molecule is CCCCOCCOCCOC(C)=O.OCC(O)CO. The number of hydrogen-bond donors (Lipinski definition) is 3. The fourth-order valence-electron chi connectivity index (χ4n) is 0.870. The second-order valence-electron chi connectivity index (χ2n) is 3.94. The normalized spacial score (nSPS) is 10.1. The van der Waals surface area contributed by atoms with Crippen molar-refractivity contribution in [3.8, 4) is 0 Å². The molecule has 0 aromatic heterocycles. The van der Waals surface area contributed by atoms with Crippen LogP contribution in [0, 0.1) is 0 Å². The lowest BCUT2D eigenvalue weighted by Crippen LogP contribution is -2.15. The number of rotatable bonds is 11. The monoisotopic (exact) mass is 296 g/mol.